The van der Waals surface area contributed by atoms with E-state index in [1.165, 1.54) is 28.1 Å². The Hall–Kier alpha value is -2.34. The van der Waals surface area contributed by atoms with Crippen molar-refractivity contribution < 1.29 is 4.79 Å². The van der Waals surface area contributed by atoms with Crippen molar-refractivity contribution in [2.24, 2.45) is 7.05 Å². The minimum absolute atomic E-state index is 0.00102. The fourth-order valence-electron chi connectivity index (χ4n) is 2.83. The summed E-state index contributed by atoms with van der Waals surface area (Å²) >= 11 is 1.41. The van der Waals surface area contributed by atoms with Gasteiger partial charge in [0.15, 0.2) is 5.16 Å². The summed E-state index contributed by atoms with van der Waals surface area (Å²) in [6.07, 6.45) is 0.708. The average Bonchev–Trinajstić information content (AvgIpc) is 2.92. The Morgan fingerprint density at radius 2 is 1.85 bits per heavy atom. The van der Waals surface area contributed by atoms with Crippen molar-refractivity contribution in [1.29, 1.82) is 0 Å². The number of benzene rings is 2. The molecular formula is C20H24N4OS. The first-order valence-electron chi connectivity index (χ1n) is 8.62. The van der Waals surface area contributed by atoms with Crippen LogP contribution in [0.5, 0.6) is 0 Å². The summed E-state index contributed by atoms with van der Waals surface area (Å²) in [6, 6.07) is 14.7. The van der Waals surface area contributed by atoms with E-state index in [0.29, 0.717) is 12.2 Å². The second-order valence-corrected chi connectivity index (χ2v) is 8.30. The van der Waals surface area contributed by atoms with Crippen LogP contribution in [-0.4, -0.2) is 32.0 Å². The third-order valence-corrected chi connectivity index (χ3v) is 5.02. The Labute approximate surface area is 158 Å². The summed E-state index contributed by atoms with van der Waals surface area (Å²) in [6.45, 7) is 5.92. The molecule has 0 saturated heterocycles. The number of carbonyl (C=O) groups excluding carboxylic acids is 1. The minimum atomic E-state index is -0.225. The van der Waals surface area contributed by atoms with Crippen LogP contribution in [0.2, 0.25) is 0 Å². The van der Waals surface area contributed by atoms with Crippen LogP contribution in [0.25, 0.3) is 10.8 Å². The zero-order chi connectivity index (χ0) is 18.7. The smallest absolute Gasteiger partial charge is 0.230 e. The fourth-order valence-corrected chi connectivity index (χ4v) is 3.56. The van der Waals surface area contributed by atoms with Crippen molar-refractivity contribution in [3.63, 3.8) is 0 Å². The lowest BCUT2D eigenvalue weighted by Gasteiger charge is -2.20. The van der Waals surface area contributed by atoms with Crippen molar-refractivity contribution in [3.8, 4) is 0 Å². The summed E-state index contributed by atoms with van der Waals surface area (Å²) < 4.78 is 1.97. The molecule has 6 heteroatoms. The zero-order valence-electron chi connectivity index (χ0n) is 15.6. The first kappa shape index (κ1) is 18.5. The monoisotopic (exact) mass is 368 g/mol. The van der Waals surface area contributed by atoms with Gasteiger partial charge in [0, 0.05) is 19.0 Å². The third kappa shape index (κ3) is 4.43. The molecule has 1 heterocycles. The summed E-state index contributed by atoms with van der Waals surface area (Å²) in [7, 11) is 1.95. The Balaban J connectivity index is 1.72. The number of hydrogen-bond donors (Lipinski definition) is 1. The van der Waals surface area contributed by atoms with Gasteiger partial charge in [-0.05, 0) is 37.1 Å². The summed E-state index contributed by atoms with van der Waals surface area (Å²) in [4.78, 5) is 12.0. The van der Waals surface area contributed by atoms with Gasteiger partial charge in [-0.15, -0.1) is 10.2 Å². The van der Waals surface area contributed by atoms with E-state index in [4.69, 9.17) is 0 Å². The summed E-state index contributed by atoms with van der Waals surface area (Å²) in [5, 5.41) is 14.8. The maximum Gasteiger partial charge on any atom is 0.230 e. The predicted octanol–water partition coefficient (Wildman–Crippen LogP) is 3.57. The lowest BCUT2D eigenvalue weighted by Crippen LogP contribution is -2.41. The first-order chi connectivity index (χ1) is 12.3. The molecule has 0 aliphatic rings. The molecule has 1 N–H and O–H groups in total. The van der Waals surface area contributed by atoms with Gasteiger partial charge >= 0.3 is 0 Å². The van der Waals surface area contributed by atoms with Gasteiger partial charge in [-0.2, -0.15) is 0 Å². The molecule has 5 nitrogen and oxygen atoms in total. The van der Waals surface area contributed by atoms with E-state index in [2.05, 4.69) is 51.9 Å². The molecule has 3 rings (SSSR count). The second kappa shape index (κ2) is 7.50. The van der Waals surface area contributed by atoms with E-state index in [-0.39, 0.29) is 11.4 Å². The number of nitrogens with zero attached hydrogens (tertiary/aromatic N) is 3. The van der Waals surface area contributed by atoms with E-state index in [9.17, 15) is 4.79 Å². The predicted molar refractivity (Wildman–Crippen MR) is 106 cm³/mol. The van der Waals surface area contributed by atoms with Gasteiger partial charge in [0.25, 0.3) is 0 Å². The van der Waals surface area contributed by atoms with Gasteiger partial charge in [-0.1, -0.05) is 54.2 Å². The highest BCUT2D eigenvalue weighted by Crippen LogP contribution is 2.22. The lowest BCUT2D eigenvalue weighted by atomic mass is 10.0. The molecule has 0 bridgehead atoms. The molecular weight excluding hydrogens is 344 g/mol. The molecule has 0 unspecified atom stereocenters. The van der Waals surface area contributed by atoms with Crippen LogP contribution in [-0.2, 0) is 18.3 Å². The van der Waals surface area contributed by atoms with E-state index in [1.807, 2.05) is 38.5 Å². The summed E-state index contributed by atoms with van der Waals surface area (Å²) in [5.41, 5.74) is 0.998. The maximum absolute atomic E-state index is 12.0. The molecule has 0 fully saturated rings. The van der Waals surface area contributed by atoms with Crippen molar-refractivity contribution >= 4 is 28.4 Å². The molecule has 0 saturated carbocycles. The largest absolute Gasteiger partial charge is 0.351 e. The Bertz CT molecular complexity index is 922. The molecule has 3 aromatic rings. The quantitative estimate of drug-likeness (QED) is 0.700. The standard InChI is InChI=1S/C20H24N4OS/c1-20(2,3)21-18(25)13-26-19-23-22-17(24(19)4)12-15-10-7-9-14-8-5-6-11-16(14)15/h5-11H,12-13H2,1-4H3,(H,21,25). The highest BCUT2D eigenvalue weighted by molar-refractivity contribution is 7.99. The van der Waals surface area contributed by atoms with Crippen LogP contribution in [0.1, 0.15) is 32.2 Å². The van der Waals surface area contributed by atoms with Gasteiger partial charge in [-0.25, -0.2) is 0 Å². The van der Waals surface area contributed by atoms with Crippen LogP contribution in [0.15, 0.2) is 47.6 Å². The number of fused-ring (bicyclic) bond motifs is 1. The first-order valence-corrected chi connectivity index (χ1v) is 9.61. The molecule has 1 amide bonds. The Kier molecular flexibility index (Phi) is 5.32. The maximum atomic E-state index is 12.0. The van der Waals surface area contributed by atoms with Crippen molar-refractivity contribution in [2.45, 2.75) is 37.9 Å². The number of nitrogens with one attached hydrogen (secondary N) is 1. The van der Waals surface area contributed by atoms with Crippen LogP contribution in [0.3, 0.4) is 0 Å². The van der Waals surface area contributed by atoms with Gasteiger partial charge in [0.05, 0.1) is 5.75 Å². The van der Waals surface area contributed by atoms with Crippen LogP contribution in [0.4, 0.5) is 0 Å². The van der Waals surface area contributed by atoms with Crippen LogP contribution >= 0.6 is 11.8 Å². The molecule has 26 heavy (non-hydrogen) atoms. The lowest BCUT2D eigenvalue weighted by molar-refractivity contribution is -0.119. The topological polar surface area (TPSA) is 59.8 Å². The molecule has 0 radical (unpaired) electrons. The third-order valence-electron chi connectivity index (χ3n) is 4.00. The fraction of sp³-hybridized carbons (Fsp3) is 0.350. The average molecular weight is 369 g/mol. The van der Waals surface area contributed by atoms with E-state index >= 15 is 0 Å². The van der Waals surface area contributed by atoms with E-state index in [0.717, 1.165) is 11.0 Å². The van der Waals surface area contributed by atoms with Crippen LogP contribution in [0, 0.1) is 0 Å². The van der Waals surface area contributed by atoms with Crippen molar-refractivity contribution in [2.75, 3.05) is 5.75 Å². The number of hydrogen-bond acceptors (Lipinski definition) is 4. The highest BCUT2D eigenvalue weighted by atomic mass is 32.2. The van der Waals surface area contributed by atoms with Gasteiger partial charge in [0.1, 0.15) is 5.82 Å². The normalized spacial score (nSPS) is 11.7. The SMILES string of the molecule is Cn1c(Cc2cccc3ccccc23)nnc1SCC(=O)NC(C)(C)C. The Morgan fingerprint density at radius 3 is 2.62 bits per heavy atom. The molecule has 0 aliphatic heterocycles. The van der Waals surface area contributed by atoms with Crippen LogP contribution < -0.4 is 5.32 Å². The molecule has 0 atom stereocenters. The van der Waals surface area contributed by atoms with Crippen molar-refractivity contribution in [1.82, 2.24) is 20.1 Å². The van der Waals surface area contributed by atoms with Gasteiger partial charge in [-0.3, -0.25) is 4.79 Å². The zero-order valence-corrected chi connectivity index (χ0v) is 16.4. The Morgan fingerprint density at radius 1 is 1.12 bits per heavy atom. The number of carbonyl (C=O) groups is 1. The molecule has 0 spiro atoms. The second-order valence-electron chi connectivity index (χ2n) is 7.36. The van der Waals surface area contributed by atoms with Gasteiger partial charge < -0.3 is 9.88 Å². The molecule has 0 aliphatic carbocycles. The van der Waals surface area contributed by atoms with E-state index in [1.54, 1.807) is 0 Å². The number of rotatable bonds is 5. The minimum Gasteiger partial charge on any atom is -0.351 e. The van der Waals surface area contributed by atoms with Crippen molar-refractivity contribution in [3.05, 3.63) is 53.9 Å². The number of thioether (sulfide) groups is 1. The molecule has 136 valence electrons. The number of amides is 1. The highest BCUT2D eigenvalue weighted by Gasteiger charge is 2.16. The van der Waals surface area contributed by atoms with Gasteiger partial charge in [0.2, 0.25) is 5.91 Å². The van der Waals surface area contributed by atoms with E-state index < -0.39 is 0 Å². The molecule has 1 aromatic heterocycles. The number of aromatic nitrogens is 3. The molecule has 2 aromatic carbocycles. The summed E-state index contributed by atoms with van der Waals surface area (Å²) in [5.74, 6) is 1.22.